The maximum Gasteiger partial charge on any atom is 0.306 e. The molecular weight excluding hydrogens is 913 g/mol. The van der Waals surface area contributed by atoms with Crippen molar-refractivity contribution in [2.24, 2.45) is 0 Å². The number of esters is 3. The van der Waals surface area contributed by atoms with E-state index in [1.54, 1.807) is 0 Å². The van der Waals surface area contributed by atoms with E-state index in [9.17, 15) is 14.4 Å². The molecule has 440 valence electrons. The summed E-state index contributed by atoms with van der Waals surface area (Å²) in [4.78, 5) is 38.3. The predicted molar refractivity (Wildman–Crippen MR) is 321 cm³/mol. The Labute approximate surface area is 463 Å². The van der Waals surface area contributed by atoms with Gasteiger partial charge < -0.3 is 14.2 Å². The Morgan fingerprint density at radius 1 is 0.216 bits per heavy atom. The zero-order valence-electron chi connectivity index (χ0n) is 50.7. The van der Waals surface area contributed by atoms with Gasteiger partial charge in [0.1, 0.15) is 13.2 Å². The third-order valence-electron chi connectivity index (χ3n) is 15.9. The first-order valence-corrected chi connectivity index (χ1v) is 34.0. The van der Waals surface area contributed by atoms with Crippen molar-refractivity contribution in [3.05, 3.63) is 0 Å². The van der Waals surface area contributed by atoms with Crippen molar-refractivity contribution in [1.82, 2.24) is 0 Å². The monoisotopic (exact) mass is 1050 g/mol. The van der Waals surface area contributed by atoms with E-state index in [-0.39, 0.29) is 31.1 Å². The Kier molecular flexibility index (Phi) is 62.6. The number of unbranched alkanes of at least 4 members (excludes halogenated alkanes) is 53. The van der Waals surface area contributed by atoms with E-state index in [4.69, 9.17) is 14.2 Å². The molecule has 1 unspecified atom stereocenters. The van der Waals surface area contributed by atoms with Gasteiger partial charge in [-0.25, -0.2) is 0 Å². The molecular formula is C68H132O6. The predicted octanol–water partition coefficient (Wildman–Crippen LogP) is 23.1. The highest BCUT2D eigenvalue weighted by atomic mass is 16.6. The SMILES string of the molecule is CCCCCCCCCCCCCCCCCCCCCCCCCCCCC(=O)OCC(COC(=O)CCCCCCCCCCCCCCCCC)OC(=O)CCCCCCCCCCCCCCCCC. The van der Waals surface area contributed by atoms with Gasteiger partial charge in [-0.05, 0) is 19.3 Å². The van der Waals surface area contributed by atoms with E-state index in [0.29, 0.717) is 19.3 Å². The lowest BCUT2D eigenvalue weighted by molar-refractivity contribution is -0.167. The highest BCUT2D eigenvalue weighted by molar-refractivity contribution is 5.71. The van der Waals surface area contributed by atoms with Crippen molar-refractivity contribution in [2.75, 3.05) is 13.2 Å². The molecule has 0 rings (SSSR count). The Morgan fingerprint density at radius 2 is 0.365 bits per heavy atom. The van der Waals surface area contributed by atoms with Crippen LogP contribution in [0.4, 0.5) is 0 Å². The number of hydrogen-bond acceptors (Lipinski definition) is 6. The number of carbonyl (C=O) groups is 3. The smallest absolute Gasteiger partial charge is 0.306 e. The Morgan fingerprint density at radius 3 is 0.541 bits per heavy atom. The van der Waals surface area contributed by atoms with Crippen LogP contribution in [0, 0.1) is 0 Å². The normalized spacial score (nSPS) is 11.9. The third kappa shape index (κ3) is 61.3. The molecule has 6 nitrogen and oxygen atoms in total. The van der Waals surface area contributed by atoms with E-state index in [2.05, 4.69) is 20.8 Å². The molecule has 0 bridgehead atoms. The second-order valence-corrected chi connectivity index (χ2v) is 23.5. The zero-order valence-corrected chi connectivity index (χ0v) is 50.7. The van der Waals surface area contributed by atoms with E-state index < -0.39 is 6.10 Å². The van der Waals surface area contributed by atoms with E-state index >= 15 is 0 Å². The fourth-order valence-corrected chi connectivity index (χ4v) is 10.7. The molecule has 0 amide bonds. The summed E-state index contributed by atoms with van der Waals surface area (Å²) in [6.45, 7) is 6.73. The molecule has 0 aromatic rings. The van der Waals surface area contributed by atoms with Crippen molar-refractivity contribution < 1.29 is 28.6 Å². The molecule has 0 aliphatic rings. The summed E-state index contributed by atoms with van der Waals surface area (Å²) >= 11 is 0. The summed E-state index contributed by atoms with van der Waals surface area (Å²) in [5.41, 5.74) is 0. The summed E-state index contributed by atoms with van der Waals surface area (Å²) < 4.78 is 17.0. The van der Waals surface area contributed by atoms with Gasteiger partial charge in [-0.15, -0.1) is 0 Å². The minimum absolute atomic E-state index is 0.0604. The van der Waals surface area contributed by atoms with Gasteiger partial charge in [0.25, 0.3) is 0 Å². The van der Waals surface area contributed by atoms with Gasteiger partial charge in [0.15, 0.2) is 6.10 Å². The largest absolute Gasteiger partial charge is 0.462 e. The summed E-state index contributed by atoms with van der Waals surface area (Å²) in [6.07, 6.45) is 74.1. The van der Waals surface area contributed by atoms with Gasteiger partial charge in [-0.1, -0.05) is 361 Å². The van der Waals surface area contributed by atoms with Gasteiger partial charge >= 0.3 is 17.9 Å². The topological polar surface area (TPSA) is 78.9 Å². The summed E-state index contributed by atoms with van der Waals surface area (Å²) in [5, 5.41) is 0. The molecule has 0 aromatic carbocycles. The highest BCUT2D eigenvalue weighted by Gasteiger charge is 2.19. The number of rotatable bonds is 64. The second kappa shape index (κ2) is 63.9. The maximum absolute atomic E-state index is 12.9. The van der Waals surface area contributed by atoms with Crippen LogP contribution in [-0.2, 0) is 28.6 Å². The number of hydrogen-bond donors (Lipinski definition) is 0. The molecule has 0 aliphatic carbocycles. The molecule has 1 atom stereocenters. The van der Waals surface area contributed by atoms with Crippen LogP contribution in [0.2, 0.25) is 0 Å². The van der Waals surface area contributed by atoms with Crippen LogP contribution in [0.3, 0.4) is 0 Å². The fourth-order valence-electron chi connectivity index (χ4n) is 10.7. The molecule has 0 radical (unpaired) electrons. The van der Waals surface area contributed by atoms with Crippen LogP contribution < -0.4 is 0 Å². The molecule has 6 heteroatoms. The zero-order chi connectivity index (χ0) is 53.6. The molecule has 0 aromatic heterocycles. The first-order valence-electron chi connectivity index (χ1n) is 34.0. The molecule has 0 fully saturated rings. The van der Waals surface area contributed by atoms with Crippen LogP contribution >= 0.6 is 0 Å². The summed E-state index contributed by atoms with van der Waals surface area (Å²) in [7, 11) is 0. The van der Waals surface area contributed by atoms with Gasteiger partial charge in [0, 0.05) is 19.3 Å². The van der Waals surface area contributed by atoms with Crippen molar-refractivity contribution >= 4 is 17.9 Å². The molecule has 74 heavy (non-hydrogen) atoms. The fraction of sp³-hybridized carbons (Fsp3) is 0.956. The average Bonchev–Trinajstić information content (AvgIpc) is 3.40. The minimum Gasteiger partial charge on any atom is -0.462 e. The van der Waals surface area contributed by atoms with E-state index in [1.165, 1.54) is 302 Å². The highest BCUT2D eigenvalue weighted by Crippen LogP contribution is 2.19. The Hall–Kier alpha value is -1.59. The van der Waals surface area contributed by atoms with Gasteiger partial charge in [0.05, 0.1) is 0 Å². The average molecular weight is 1050 g/mol. The first kappa shape index (κ1) is 72.4. The van der Waals surface area contributed by atoms with Crippen molar-refractivity contribution in [2.45, 2.75) is 406 Å². The third-order valence-corrected chi connectivity index (χ3v) is 15.9. The van der Waals surface area contributed by atoms with Gasteiger partial charge in [-0.2, -0.15) is 0 Å². The van der Waals surface area contributed by atoms with Crippen LogP contribution in [0.25, 0.3) is 0 Å². The summed E-state index contributed by atoms with van der Waals surface area (Å²) in [5.74, 6) is -0.823. The van der Waals surface area contributed by atoms with Crippen molar-refractivity contribution in [3.63, 3.8) is 0 Å². The summed E-state index contributed by atoms with van der Waals surface area (Å²) in [6, 6.07) is 0. The van der Waals surface area contributed by atoms with Crippen LogP contribution in [-0.4, -0.2) is 37.2 Å². The minimum atomic E-state index is -0.762. The van der Waals surface area contributed by atoms with Crippen molar-refractivity contribution in [3.8, 4) is 0 Å². The molecule has 0 spiro atoms. The molecule has 0 saturated carbocycles. The lowest BCUT2D eigenvalue weighted by Crippen LogP contribution is -2.30. The molecule has 0 heterocycles. The standard InChI is InChI=1S/C68H132O6/c1-4-7-10-13-16-19-22-25-28-29-30-31-32-33-34-35-36-37-38-41-43-46-49-52-55-58-61-67(70)73-64-65(74-68(71)62-59-56-53-50-47-44-40-27-24-21-18-15-12-9-6-3)63-72-66(69)60-57-54-51-48-45-42-39-26-23-20-17-14-11-8-5-2/h65H,4-64H2,1-3H3. The first-order chi connectivity index (χ1) is 36.5. The number of ether oxygens (including phenoxy) is 3. The van der Waals surface area contributed by atoms with Crippen molar-refractivity contribution in [1.29, 1.82) is 0 Å². The molecule has 0 aliphatic heterocycles. The Bertz CT molecular complexity index is 1110. The Balaban J connectivity index is 4.17. The van der Waals surface area contributed by atoms with Crippen LogP contribution in [0.5, 0.6) is 0 Å². The van der Waals surface area contributed by atoms with Crippen LogP contribution in [0.1, 0.15) is 400 Å². The lowest BCUT2D eigenvalue weighted by Gasteiger charge is -2.18. The quantitative estimate of drug-likeness (QED) is 0.0343. The van der Waals surface area contributed by atoms with Gasteiger partial charge in [0.2, 0.25) is 0 Å². The van der Waals surface area contributed by atoms with Gasteiger partial charge in [-0.3, -0.25) is 14.4 Å². The number of carbonyl (C=O) groups excluding carboxylic acids is 3. The lowest BCUT2D eigenvalue weighted by atomic mass is 10.0. The van der Waals surface area contributed by atoms with E-state index in [1.807, 2.05) is 0 Å². The maximum atomic E-state index is 12.9. The van der Waals surface area contributed by atoms with E-state index in [0.717, 1.165) is 57.8 Å². The second-order valence-electron chi connectivity index (χ2n) is 23.5. The molecule has 0 N–H and O–H groups in total. The molecule has 0 saturated heterocycles. The van der Waals surface area contributed by atoms with Crippen LogP contribution in [0.15, 0.2) is 0 Å².